The van der Waals surface area contributed by atoms with Gasteiger partial charge in [-0.25, -0.2) is 8.78 Å². The summed E-state index contributed by atoms with van der Waals surface area (Å²) in [5, 5.41) is 0. The Morgan fingerprint density at radius 1 is 1.22 bits per heavy atom. The SMILES string of the molecule is CC(F)(F)c1cc2c(cc1CCCCN)OCO2. The summed E-state index contributed by atoms with van der Waals surface area (Å²) in [5.41, 5.74) is 6.04. The first-order chi connectivity index (χ1) is 8.52. The van der Waals surface area contributed by atoms with Crippen LogP contribution < -0.4 is 15.2 Å². The fourth-order valence-corrected chi connectivity index (χ4v) is 2.06. The van der Waals surface area contributed by atoms with Crippen LogP contribution in [0.5, 0.6) is 11.5 Å². The van der Waals surface area contributed by atoms with Crippen LogP contribution in [0.2, 0.25) is 0 Å². The first-order valence-corrected chi connectivity index (χ1v) is 6.03. The first kappa shape index (κ1) is 13.1. The van der Waals surface area contributed by atoms with Gasteiger partial charge in [0.2, 0.25) is 6.79 Å². The molecule has 0 fully saturated rings. The lowest BCUT2D eigenvalue weighted by Crippen LogP contribution is -2.11. The molecule has 18 heavy (non-hydrogen) atoms. The van der Waals surface area contributed by atoms with Crippen LogP contribution in [0.25, 0.3) is 0 Å². The number of nitrogens with two attached hydrogens (primary N) is 1. The summed E-state index contributed by atoms with van der Waals surface area (Å²) in [6.07, 6.45) is 2.19. The van der Waals surface area contributed by atoms with Gasteiger partial charge in [0.25, 0.3) is 5.92 Å². The lowest BCUT2D eigenvalue weighted by Gasteiger charge is -2.16. The maximum atomic E-state index is 13.6. The normalized spacial score (nSPS) is 14.0. The van der Waals surface area contributed by atoms with Crippen molar-refractivity contribution in [1.29, 1.82) is 0 Å². The highest BCUT2D eigenvalue weighted by Gasteiger charge is 2.30. The van der Waals surface area contributed by atoms with Gasteiger partial charge < -0.3 is 15.2 Å². The third kappa shape index (κ3) is 2.72. The lowest BCUT2D eigenvalue weighted by atomic mass is 9.97. The van der Waals surface area contributed by atoms with Crippen LogP contribution in [-0.4, -0.2) is 13.3 Å². The van der Waals surface area contributed by atoms with Crippen molar-refractivity contribution in [3.63, 3.8) is 0 Å². The Morgan fingerprint density at radius 2 is 1.89 bits per heavy atom. The second kappa shape index (κ2) is 5.10. The number of hydrogen-bond acceptors (Lipinski definition) is 3. The van der Waals surface area contributed by atoms with Gasteiger partial charge >= 0.3 is 0 Å². The monoisotopic (exact) mass is 257 g/mol. The van der Waals surface area contributed by atoms with Gasteiger partial charge in [0.05, 0.1) is 0 Å². The van der Waals surface area contributed by atoms with E-state index in [-0.39, 0.29) is 12.4 Å². The Kier molecular flexibility index (Phi) is 3.71. The van der Waals surface area contributed by atoms with E-state index >= 15 is 0 Å². The number of fused-ring (bicyclic) bond motifs is 1. The molecule has 0 bridgehead atoms. The molecule has 0 aromatic heterocycles. The highest BCUT2D eigenvalue weighted by atomic mass is 19.3. The van der Waals surface area contributed by atoms with E-state index in [0.29, 0.717) is 30.0 Å². The zero-order valence-electron chi connectivity index (χ0n) is 10.3. The van der Waals surface area contributed by atoms with E-state index in [1.165, 1.54) is 6.07 Å². The molecule has 0 aliphatic carbocycles. The molecule has 3 nitrogen and oxygen atoms in total. The smallest absolute Gasteiger partial charge is 0.270 e. The average molecular weight is 257 g/mol. The topological polar surface area (TPSA) is 44.5 Å². The molecule has 1 aliphatic heterocycles. The van der Waals surface area contributed by atoms with Crippen LogP contribution >= 0.6 is 0 Å². The highest BCUT2D eigenvalue weighted by Crippen LogP contribution is 2.40. The van der Waals surface area contributed by atoms with E-state index in [0.717, 1.165) is 19.8 Å². The van der Waals surface area contributed by atoms with E-state index in [1.54, 1.807) is 6.07 Å². The molecule has 1 aliphatic rings. The Hall–Kier alpha value is -1.36. The standard InChI is InChI=1S/C13H17F2NO2/c1-13(14,15)10-7-12-11(17-8-18-12)6-9(10)4-2-3-5-16/h6-7H,2-5,8,16H2,1H3. The van der Waals surface area contributed by atoms with Crippen molar-refractivity contribution in [2.45, 2.75) is 32.1 Å². The van der Waals surface area contributed by atoms with Crippen molar-refractivity contribution in [3.8, 4) is 11.5 Å². The number of benzene rings is 1. The summed E-state index contributed by atoms with van der Waals surface area (Å²) in [6, 6.07) is 3.05. The van der Waals surface area contributed by atoms with E-state index in [2.05, 4.69) is 0 Å². The quantitative estimate of drug-likeness (QED) is 0.825. The molecule has 0 spiro atoms. The largest absolute Gasteiger partial charge is 0.454 e. The van der Waals surface area contributed by atoms with Gasteiger partial charge in [-0.3, -0.25) is 0 Å². The Bertz CT molecular complexity index is 430. The van der Waals surface area contributed by atoms with E-state index in [9.17, 15) is 8.78 Å². The molecular weight excluding hydrogens is 240 g/mol. The van der Waals surface area contributed by atoms with Crippen molar-refractivity contribution in [3.05, 3.63) is 23.3 Å². The summed E-state index contributed by atoms with van der Waals surface area (Å²) in [4.78, 5) is 0. The van der Waals surface area contributed by atoms with Crippen LogP contribution in [-0.2, 0) is 12.3 Å². The minimum Gasteiger partial charge on any atom is -0.454 e. The van der Waals surface area contributed by atoms with Gasteiger partial charge in [-0.2, -0.15) is 0 Å². The average Bonchev–Trinajstić information content (AvgIpc) is 2.74. The van der Waals surface area contributed by atoms with Crippen molar-refractivity contribution in [2.75, 3.05) is 13.3 Å². The Balaban J connectivity index is 2.30. The fraction of sp³-hybridized carbons (Fsp3) is 0.538. The predicted octanol–water partition coefficient (Wildman–Crippen LogP) is 2.81. The van der Waals surface area contributed by atoms with Crippen LogP contribution in [0.1, 0.15) is 30.9 Å². The van der Waals surface area contributed by atoms with Crippen molar-refractivity contribution < 1.29 is 18.3 Å². The zero-order valence-corrected chi connectivity index (χ0v) is 10.3. The number of ether oxygens (including phenoxy) is 2. The van der Waals surface area contributed by atoms with Crippen LogP contribution in [0.4, 0.5) is 8.78 Å². The van der Waals surface area contributed by atoms with Crippen LogP contribution in [0, 0.1) is 0 Å². The molecule has 5 heteroatoms. The maximum Gasteiger partial charge on any atom is 0.270 e. The van der Waals surface area contributed by atoms with Crippen molar-refractivity contribution >= 4 is 0 Å². The second-order valence-corrected chi connectivity index (χ2v) is 4.50. The maximum absolute atomic E-state index is 13.6. The second-order valence-electron chi connectivity index (χ2n) is 4.50. The number of rotatable bonds is 5. The Morgan fingerprint density at radius 3 is 2.50 bits per heavy atom. The van der Waals surface area contributed by atoms with Gasteiger partial charge in [0, 0.05) is 12.5 Å². The zero-order chi connectivity index (χ0) is 13.2. The van der Waals surface area contributed by atoms with Crippen LogP contribution in [0.3, 0.4) is 0 Å². The highest BCUT2D eigenvalue weighted by molar-refractivity contribution is 5.50. The summed E-state index contributed by atoms with van der Waals surface area (Å²) in [6.45, 7) is 1.57. The fourth-order valence-electron chi connectivity index (χ4n) is 2.06. The van der Waals surface area contributed by atoms with E-state index in [4.69, 9.17) is 15.2 Å². The minimum atomic E-state index is -2.88. The van der Waals surface area contributed by atoms with Gasteiger partial charge in [0.15, 0.2) is 11.5 Å². The number of halogens is 2. The summed E-state index contributed by atoms with van der Waals surface area (Å²) in [5.74, 6) is -1.93. The molecule has 0 saturated heterocycles. The molecule has 1 aromatic rings. The molecule has 100 valence electrons. The summed E-state index contributed by atoms with van der Waals surface area (Å²) >= 11 is 0. The molecule has 0 amide bonds. The number of alkyl halides is 2. The van der Waals surface area contributed by atoms with Gasteiger partial charge in [-0.05, 0) is 43.5 Å². The Labute approximate surface area is 105 Å². The van der Waals surface area contributed by atoms with Crippen LogP contribution in [0.15, 0.2) is 12.1 Å². The molecule has 0 atom stereocenters. The molecule has 2 N–H and O–H groups in total. The molecule has 2 rings (SSSR count). The summed E-state index contributed by atoms with van der Waals surface area (Å²) in [7, 11) is 0. The molecule has 1 aromatic carbocycles. The van der Waals surface area contributed by atoms with Gasteiger partial charge in [-0.1, -0.05) is 0 Å². The van der Waals surface area contributed by atoms with Crippen molar-refractivity contribution in [2.24, 2.45) is 5.73 Å². The van der Waals surface area contributed by atoms with Gasteiger partial charge in [-0.15, -0.1) is 0 Å². The summed E-state index contributed by atoms with van der Waals surface area (Å²) < 4.78 is 37.5. The van der Waals surface area contributed by atoms with Crippen molar-refractivity contribution in [1.82, 2.24) is 0 Å². The number of aryl methyl sites for hydroxylation is 1. The van der Waals surface area contributed by atoms with E-state index in [1.807, 2.05) is 0 Å². The molecule has 0 saturated carbocycles. The van der Waals surface area contributed by atoms with Gasteiger partial charge in [0.1, 0.15) is 0 Å². The molecule has 0 radical (unpaired) electrons. The molecule has 0 unspecified atom stereocenters. The third-order valence-corrected chi connectivity index (χ3v) is 2.97. The molecular formula is C13H17F2NO2. The number of unbranched alkanes of at least 4 members (excludes halogenated alkanes) is 1. The minimum absolute atomic E-state index is 0.0174. The molecule has 1 heterocycles. The third-order valence-electron chi connectivity index (χ3n) is 2.97. The lowest BCUT2D eigenvalue weighted by molar-refractivity contribution is 0.0163. The number of hydrogen-bond donors (Lipinski definition) is 1. The van der Waals surface area contributed by atoms with E-state index < -0.39 is 5.92 Å². The first-order valence-electron chi connectivity index (χ1n) is 6.03. The predicted molar refractivity (Wildman–Crippen MR) is 64.1 cm³/mol.